The largest absolute Gasteiger partial charge is 0.355 e. The highest BCUT2D eigenvalue weighted by molar-refractivity contribution is 5.78. The van der Waals surface area contributed by atoms with Crippen LogP contribution in [0, 0.1) is 0 Å². The molecule has 0 aromatic carbocycles. The van der Waals surface area contributed by atoms with Crippen molar-refractivity contribution in [1.29, 1.82) is 0 Å². The van der Waals surface area contributed by atoms with Gasteiger partial charge in [-0.2, -0.15) is 0 Å². The lowest BCUT2D eigenvalue weighted by Gasteiger charge is -2.34. The minimum Gasteiger partial charge on any atom is -0.355 e. The van der Waals surface area contributed by atoms with E-state index in [9.17, 15) is 4.79 Å². The molecule has 3 rings (SSSR count). The van der Waals surface area contributed by atoms with Gasteiger partial charge in [-0.15, -0.1) is 0 Å². The van der Waals surface area contributed by atoms with Gasteiger partial charge in [0.25, 0.3) is 0 Å². The number of piperazine rings is 1. The Morgan fingerprint density at radius 2 is 1.88 bits per heavy atom. The molecule has 1 aliphatic heterocycles. The molecule has 1 saturated heterocycles. The molecule has 2 aromatic rings. The number of rotatable bonds is 6. The van der Waals surface area contributed by atoms with Crippen LogP contribution in [-0.4, -0.2) is 69.6 Å². The van der Waals surface area contributed by atoms with E-state index in [1.807, 2.05) is 23.9 Å². The van der Waals surface area contributed by atoms with Gasteiger partial charge in [0.15, 0.2) is 0 Å². The van der Waals surface area contributed by atoms with Crippen molar-refractivity contribution in [3.63, 3.8) is 0 Å². The molecule has 24 heavy (non-hydrogen) atoms. The first-order valence-corrected chi connectivity index (χ1v) is 8.19. The fourth-order valence-corrected chi connectivity index (χ4v) is 2.77. The Kier molecular flexibility index (Phi) is 5.37. The number of aryl methyl sites for hydroxylation is 1. The quantitative estimate of drug-likeness (QED) is 0.783. The topological polar surface area (TPSA) is 79.2 Å². The summed E-state index contributed by atoms with van der Waals surface area (Å²) >= 11 is 0. The second-order valence-electron chi connectivity index (χ2n) is 5.87. The third-order valence-electron chi connectivity index (χ3n) is 4.17. The molecule has 0 unspecified atom stereocenters. The highest BCUT2D eigenvalue weighted by Gasteiger charge is 2.20. The zero-order chi connectivity index (χ0) is 16.8. The Morgan fingerprint density at radius 3 is 2.54 bits per heavy atom. The number of imidazole rings is 1. The van der Waals surface area contributed by atoms with Gasteiger partial charge < -0.3 is 14.8 Å². The minimum absolute atomic E-state index is 0.0635. The summed E-state index contributed by atoms with van der Waals surface area (Å²) in [6, 6.07) is 1.81. The molecule has 0 spiro atoms. The van der Waals surface area contributed by atoms with Crippen LogP contribution in [-0.2, 0) is 18.3 Å². The molecule has 8 nitrogen and oxygen atoms in total. The lowest BCUT2D eigenvalue weighted by atomic mass is 10.3. The van der Waals surface area contributed by atoms with E-state index in [-0.39, 0.29) is 5.91 Å². The van der Waals surface area contributed by atoms with E-state index < -0.39 is 0 Å². The van der Waals surface area contributed by atoms with Gasteiger partial charge in [-0.1, -0.05) is 0 Å². The Hall–Kier alpha value is -2.48. The zero-order valence-electron chi connectivity index (χ0n) is 13.9. The summed E-state index contributed by atoms with van der Waals surface area (Å²) in [6.45, 7) is 4.40. The maximum Gasteiger partial charge on any atom is 0.234 e. The third-order valence-corrected chi connectivity index (χ3v) is 4.17. The molecule has 128 valence electrons. The van der Waals surface area contributed by atoms with Crippen molar-refractivity contribution in [2.75, 3.05) is 44.2 Å². The van der Waals surface area contributed by atoms with Crippen molar-refractivity contribution in [3.05, 3.63) is 36.7 Å². The number of hydrogen-bond donors (Lipinski definition) is 1. The van der Waals surface area contributed by atoms with Gasteiger partial charge in [-0.25, -0.2) is 15.0 Å². The van der Waals surface area contributed by atoms with Crippen molar-refractivity contribution in [3.8, 4) is 0 Å². The zero-order valence-corrected chi connectivity index (χ0v) is 13.9. The third kappa shape index (κ3) is 4.29. The van der Waals surface area contributed by atoms with Crippen molar-refractivity contribution in [2.45, 2.75) is 6.42 Å². The Morgan fingerprint density at radius 1 is 1.12 bits per heavy atom. The van der Waals surface area contributed by atoms with Gasteiger partial charge in [-0.3, -0.25) is 9.69 Å². The molecule has 0 bridgehead atoms. The van der Waals surface area contributed by atoms with E-state index >= 15 is 0 Å². The minimum atomic E-state index is 0.0635. The van der Waals surface area contributed by atoms with Crippen LogP contribution in [0.3, 0.4) is 0 Å². The standard InChI is InChI=1S/C16H23N7O/c1-21-8-7-17-14(21)3-6-18-15(24)13-22-9-11-23(12-10-22)16-19-4-2-5-20-16/h2,4-5,7-8H,3,6,9-13H2,1H3,(H,18,24). The molecule has 2 aromatic heterocycles. The van der Waals surface area contributed by atoms with E-state index in [1.165, 1.54) is 0 Å². The fraction of sp³-hybridized carbons (Fsp3) is 0.500. The highest BCUT2D eigenvalue weighted by atomic mass is 16.2. The number of nitrogens with one attached hydrogen (secondary N) is 1. The van der Waals surface area contributed by atoms with Gasteiger partial charge in [0.1, 0.15) is 5.82 Å². The Balaban J connectivity index is 1.36. The van der Waals surface area contributed by atoms with Crippen LogP contribution in [0.4, 0.5) is 5.95 Å². The summed E-state index contributed by atoms with van der Waals surface area (Å²) in [7, 11) is 1.96. The first-order valence-electron chi connectivity index (χ1n) is 8.19. The van der Waals surface area contributed by atoms with Gasteiger partial charge in [0.05, 0.1) is 6.54 Å². The number of amides is 1. The first-order chi connectivity index (χ1) is 11.7. The normalized spacial score (nSPS) is 15.5. The molecule has 8 heteroatoms. The molecule has 0 saturated carbocycles. The van der Waals surface area contributed by atoms with Crippen LogP contribution in [0.25, 0.3) is 0 Å². The summed E-state index contributed by atoms with van der Waals surface area (Å²) in [5, 5.41) is 2.97. The van der Waals surface area contributed by atoms with Crippen LogP contribution in [0.2, 0.25) is 0 Å². The predicted molar refractivity (Wildman–Crippen MR) is 90.6 cm³/mol. The Bertz CT molecular complexity index is 649. The van der Waals surface area contributed by atoms with Crippen LogP contribution >= 0.6 is 0 Å². The first kappa shape index (κ1) is 16.4. The fourth-order valence-electron chi connectivity index (χ4n) is 2.77. The highest BCUT2D eigenvalue weighted by Crippen LogP contribution is 2.09. The average Bonchev–Trinajstić information content (AvgIpc) is 3.01. The number of carbonyl (C=O) groups is 1. The van der Waals surface area contributed by atoms with E-state index in [2.05, 4.69) is 30.1 Å². The summed E-state index contributed by atoms with van der Waals surface area (Å²) in [5.41, 5.74) is 0. The molecule has 1 fully saturated rings. The van der Waals surface area contributed by atoms with Gasteiger partial charge in [-0.05, 0) is 6.07 Å². The Labute approximate surface area is 141 Å². The lowest BCUT2D eigenvalue weighted by Crippen LogP contribution is -2.50. The number of hydrogen-bond acceptors (Lipinski definition) is 6. The second kappa shape index (κ2) is 7.87. The number of aromatic nitrogens is 4. The smallest absolute Gasteiger partial charge is 0.234 e. The summed E-state index contributed by atoms with van der Waals surface area (Å²) < 4.78 is 1.97. The maximum absolute atomic E-state index is 12.1. The molecule has 3 heterocycles. The van der Waals surface area contributed by atoms with Gasteiger partial charge in [0.2, 0.25) is 11.9 Å². The van der Waals surface area contributed by atoms with E-state index in [0.717, 1.165) is 44.4 Å². The molecule has 0 atom stereocenters. The second-order valence-corrected chi connectivity index (χ2v) is 5.87. The molecule has 1 N–H and O–H groups in total. The lowest BCUT2D eigenvalue weighted by molar-refractivity contribution is -0.122. The summed E-state index contributed by atoms with van der Waals surface area (Å²) in [6.07, 6.45) is 7.93. The van der Waals surface area contributed by atoms with Crippen LogP contribution in [0.15, 0.2) is 30.9 Å². The number of carbonyl (C=O) groups excluding carboxylic acids is 1. The van der Waals surface area contributed by atoms with Crippen LogP contribution in [0.1, 0.15) is 5.82 Å². The monoisotopic (exact) mass is 329 g/mol. The van der Waals surface area contributed by atoms with Crippen molar-refractivity contribution < 1.29 is 4.79 Å². The average molecular weight is 329 g/mol. The van der Waals surface area contributed by atoms with E-state index in [1.54, 1.807) is 18.6 Å². The van der Waals surface area contributed by atoms with Crippen molar-refractivity contribution >= 4 is 11.9 Å². The number of nitrogens with zero attached hydrogens (tertiary/aromatic N) is 6. The SMILES string of the molecule is Cn1ccnc1CCNC(=O)CN1CCN(c2ncccn2)CC1. The molecular weight excluding hydrogens is 306 g/mol. The van der Waals surface area contributed by atoms with Gasteiger partial charge >= 0.3 is 0 Å². The predicted octanol–water partition coefficient (Wildman–Crippen LogP) is -0.309. The molecule has 1 amide bonds. The van der Waals surface area contributed by atoms with E-state index in [4.69, 9.17) is 0 Å². The van der Waals surface area contributed by atoms with Crippen LogP contribution in [0.5, 0.6) is 0 Å². The molecular formula is C16H23N7O. The summed E-state index contributed by atoms with van der Waals surface area (Å²) in [5.74, 6) is 1.80. The molecule has 0 radical (unpaired) electrons. The van der Waals surface area contributed by atoms with Gasteiger partial charge in [0, 0.05) is 71.0 Å². The van der Waals surface area contributed by atoms with Crippen molar-refractivity contribution in [2.24, 2.45) is 7.05 Å². The van der Waals surface area contributed by atoms with Crippen LogP contribution < -0.4 is 10.2 Å². The molecule has 1 aliphatic rings. The van der Waals surface area contributed by atoms with Crippen molar-refractivity contribution in [1.82, 2.24) is 29.7 Å². The number of anilines is 1. The molecule has 0 aliphatic carbocycles. The van der Waals surface area contributed by atoms with E-state index in [0.29, 0.717) is 13.1 Å². The summed E-state index contributed by atoms with van der Waals surface area (Å²) in [4.78, 5) is 29.2. The maximum atomic E-state index is 12.1.